The highest BCUT2D eigenvalue weighted by Gasteiger charge is 2.15. The highest BCUT2D eigenvalue weighted by Crippen LogP contribution is 2.38. The number of carbonyl (C=O) groups is 1. The Morgan fingerprint density at radius 1 is 1.14 bits per heavy atom. The van der Waals surface area contributed by atoms with Crippen molar-refractivity contribution in [3.05, 3.63) is 70.5 Å². The molecule has 0 atom stereocenters. The summed E-state index contributed by atoms with van der Waals surface area (Å²) in [6, 6.07) is 8.10. The molecular formula is C22H23BrFNO4. The number of hydrogen-bond acceptors (Lipinski definition) is 4. The normalized spacial score (nSPS) is 10.7. The Bertz CT molecular complexity index is 889. The van der Waals surface area contributed by atoms with Gasteiger partial charge in [-0.25, -0.2) is 4.39 Å². The van der Waals surface area contributed by atoms with Crippen molar-refractivity contribution in [2.45, 2.75) is 6.54 Å². The fourth-order valence-corrected chi connectivity index (χ4v) is 3.14. The predicted molar refractivity (Wildman–Crippen MR) is 115 cm³/mol. The summed E-state index contributed by atoms with van der Waals surface area (Å²) in [4.78, 5) is 14.2. The van der Waals surface area contributed by atoms with Gasteiger partial charge in [0.15, 0.2) is 11.5 Å². The Balaban J connectivity index is 2.26. The third-order valence-corrected chi connectivity index (χ3v) is 4.63. The van der Waals surface area contributed by atoms with E-state index in [9.17, 15) is 9.18 Å². The maximum atomic E-state index is 14.1. The van der Waals surface area contributed by atoms with Crippen LogP contribution in [0.15, 0.2) is 53.5 Å². The van der Waals surface area contributed by atoms with Crippen molar-refractivity contribution in [2.24, 2.45) is 0 Å². The second-order valence-electron chi connectivity index (χ2n) is 6.04. The average molecular weight is 464 g/mol. The Hall–Kier alpha value is -2.80. The van der Waals surface area contributed by atoms with Crippen molar-refractivity contribution in [3.8, 4) is 17.2 Å². The maximum absolute atomic E-state index is 14.1. The molecule has 7 heteroatoms. The zero-order valence-corrected chi connectivity index (χ0v) is 18.2. The molecule has 0 aromatic heterocycles. The Morgan fingerprint density at radius 3 is 2.34 bits per heavy atom. The van der Waals surface area contributed by atoms with Gasteiger partial charge < -0.3 is 19.1 Å². The number of rotatable bonds is 9. The molecule has 0 aliphatic rings. The lowest BCUT2D eigenvalue weighted by Crippen LogP contribution is -2.29. The number of carbonyl (C=O) groups excluding carboxylic acids is 1. The van der Waals surface area contributed by atoms with E-state index in [2.05, 4.69) is 22.5 Å². The van der Waals surface area contributed by atoms with E-state index < -0.39 is 0 Å². The van der Waals surface area contributed by atoms with Gasteiger partial charge in [0.2, 0.25) is 11.7 Å². The standard InChI is InChI=1S/C22H23BrFNO4/c1-5-10-25(14-16-13-17(23)7-8-18(16)24)21(26)9-6-15-11-19(27-2)22(29-4)20(12-15)28-3/h5-9,11-13H,1,10,14H2,2-4H3/b9-6+. The first-order chi connectivity index (χ1) is 13.9. The van der Waals surface area contributed by atoms with Crippen molar-refractivity contribution in [3.63, 3.8) is 0 Å². The molecule has 154 valence electrons. The predicted octanol–water partition coefficient (Wildman–Crippen LogP) is 4.84. The third-order valence-electron chi connectivity index (χ3n) is 4.14. The summed E-state index contributed by atoms with van der Waals surface area (Å²) in [6.45, 7) is 4.08. The minimum Gasteiger partial charge on any atom is -0.493 e. The zero-order valence-electron chi connectivity index (χ0n) is 16.6. The van der Waals surface area contributed by atoms with Crippen LogP contribution in [-0.4, -0.2) is 38.7 Å². The lowest BCUT2D eigenvalue weighted by atomic mass is 10.1. The highest BCUT2D eigenvalue weighted by atomic mass is 79.9. The van der Waals surface area contributed by atoms with Crippen molar-refractivity contribution < 1.29 is 23.4 Å². The Morgan fingerprint density at radius 2 is 1.79 bits per heavy atom. The molecule has 0 saturated carbocycles. The molecule has 0 fully saturated rings. The number of nitrogens with zero attached hydrogens (tertiary/aromatic N) is 1. The molecule has 0 N–H and O–H groups in total. The number of amides is 1. The molecule has 5 nitrogen and oxygen atoms in total. The third kappa shape index (κ3) is 5.84. The smallest absolute Gasteiger partial charge is 0.247 e. The van der Waals surface area contributed by atoms with Crippen molar-refractivity contribution in [2.75, 3.05) is 27.9 Å². The Labute approximate surface area is 178 Å². The topological polar surface area (TPSA) is 48.0 Å². The summed E-state index contributed by atoms with van der Waals surface area (Å²) in [7, 11) is 4.57. The molecule has 29 heavy (non-hydrogen) atoms. The quantitative estimate of drug-likeness (QED) is 0.394. The lowest BCUT2D eigenvalue weighted by Gasteiger charge is -2.20. The largest absolute Gasteiger partial charge is 0.493 e. The summed E-state index contributed by atoms with van der Waals surface area (Å²) < 4.78 is 30.8. The fourth-order valence-electron chi connectivity index (χ4n) is 2.73. The van der Waals surface area contributed by atoms with Crippen LogP contribution in [0.5, 0.6) is 17.2 Å². The second-order valence-corrected chi connectivity index (χ2v) is 6.95. The molecular weight excluding hydrogens is 441 g/mol. The Kier molecular flexibility index (Phi) is 8.27. The van der Waals surface area contributed by atoms with Crippen LogP contribution in [0.25, 0.3) is 6.08 Å². The fraction of sp³-hybridized carbons (Fsp3) is 0.227. The molecule has 0 aliphatic carbocycles. The van der Waals surface area contributed by atoms with E-state index in [4.69, 9.17) is 14.2 Å². The number of benzene rings is 2. The van der Waals surface area contributed by atoms with Gasteiger partial charge in [-0.2, -0.15) is 0 Å². The second kappa shape index (κ2) is 10.7. The SMILES string of the molecule is C=CCN(Cc1cc(Br)ccc1F)C(=O)/C=C/c1cc(OC)c(OC)c(OC)c1. The molecule has 2 rings (SSSR count). The molecule has 0 spiro atoms. The average Bonchev–Trinajstić information content (AvgIpc) is 2.73. The first-order valence-corrected chi connectivity index (χ1v) is 9.54. The molecule has 0 heterocycles. The summed E-state index contributed by atoms with van der Waals surface area (Å²) >= 11 is 3.32. The minimum absolute atomic E-state index is 0.121. The van der Waals surface area contributed by atoms with Gasteiger partial charge in [-0.05, 0) is 42.0 Å². The highest BCUT2D eigenvalue weighted by molar-refractivity contribution is 9.10. The van der Waals surface area contributed by atoms with Gasteiger partial charge in [0, 0.05) is 29.2 Å². The van der Waals surface area contributed by atoms with Crippen LogP contribution < -0.4 is 14.2 Å². The van der Waals surface area contributed by atoms with Crippen LogP contribution in [0, 0.1) is 5.82 Å². The molecule has 0 radical (unpaired) electrons. The van der Waals surface area contributed by atoms with Crippen LogP contribution in [0.4, 0.5) is 4.39 Å². The van der Waals surface area contributed by atoms with Crippen LogP contribution in [0.3, 0.4) is 0 Å². The van der Waals surface area contributed by atoms with Crippen molar-refractivity contribution >= 4 is 27.9 Å². The van der Waals surface area contributed by atoms with Crippen molar-refractivity contribution in [1.29, 1.82) is 0 Å². The lowest BCUT2D eigenvalue weighted by molar-refractivity contribution is -0.126. The van der Waals surface area contributed by atoms with Gasteiger partial charge in [-0.15, -0.1) is 6.58 Å². The van der Waals surface area contributed by atoms with Gasteiger partial charge in [-0.3, -0.25) is 4.79 Å². The van der Waals surface area contributed by atoms with Gasteiger partial charge >= 0.3 is 0 Å². The number of methoxy groups -OCH3 is 3. The summed E-state index contributed by atoms with van der Waals surface area (Å²) in [5.74, 6) is 0.787. The van der Waals surface area contributed by atoms with E-state index in [-0.39, 0.29) is 24.8 Å². The molecule has 0 unspecified atom stereocenters. The molecule has 1 amide bonds. The van der Waals surface area contributed by atoms with E-state index in [0.717, 1.165) is 4.47 Å². The van der Waals surface area contributed by atoms with Crippen LogP contribution in [0.2, 0.25) is 0 Å². The van der Waals surface area contributed by atoms with E-state index in [1.807, 2.05) is 0 Å². The van der Waals surface area contributed by atoms with Crippen LogP contribution >= 0.6 is 15.9 Å². The summed E-state index contributed by atoms with van der Waals surface area (Å²) in [5, 5.41) is 0. The maximum Gasteiger partial charge on any atom is 0.247 e. The first kappa shape index (κ1) is 22.5. The minimum atomic E-state index is -0.372. The van der Waals surface area contributed by atoms with Crippen molar-refractivity contribution in [1.82, 2.24) is 4.90 Å². The van der Waals surface area contributed by atoms with E-state index in [1.165, 1.54) is 38.4 Å². The van der Waals surface area contributed by atoms with E-state index >= 15 is 0 Å². The number of halogens is 2. The van der Waals surface area contributed by atoms with Crippen LogP contribution in [0.1, 0.15) is 11.1 Å². The molecule has 0 saturated heterocycles. The zero-order chi connectivity index (χ0) is 21.4. The number of ether oxygens (including phenoxy) is 3. The monoisotopic (exact) mass is 463 g/mol. The number of hydrogen-bond donors (Lipinski definition) is 0. The van der Waals surface area contributed by atoms with E-state index in [0.29, 0.717) is 28.4 Å². The molecule has 2 aromatic rings. The van der Waals surface area contributed by atoms with E-state index in [1.54, 1.807) is 36.4 Å². The summed E-state index contributed by atoms with van der Waals surface area (Å²) in [5.41, 5.74) is 1.11. The molecule has 0 aliphatic heterocycles. The summed E-state index contributed by atoms with van der Waals surface area (Å²) in [6.07, 6.45) is 4.65. The van der Waals surface area contributed by atoms with Crippen LogP contribution in [-0.2, 0) is 11.3 Å². The van der Waals surface area contributed by atoms with Gasteiger partial charge in [0.25, 0.3) is 0 Å². The van der Waals surface area contributed by atoms with Gasteiger partial charge in [-0.1, -0.05) is 22.0 Å². The van der Waals surface area contributed by atoms with Gasteiger partial charge in [0.1, 0.15) is 5.82 Å². The van der Waals surface area contributed by atoms with Gasteiger partial charge in [0.05, 0.1) is 21.3 Å². The first-order valence-electron chi connectivity index (χ1n) is 8.75. The molecule has 0 bridgehead atoms. The molecule has 2 aromatic carbocycles.